The maximum atomic E-state index is 14.5. The minimum absolute atomic E-state index is 0.0995. The van der Waals surface area contributed by atoms with Crippen molar-refractivity contribution in [2.75, 3.05) is 6.54 Å². The average Bonchev–Trinajstić information content (AvgIpc) is 2.84. The molecule has 3 amide bonds. The van der Waals surface area contributed by atoms with Gasteiger partial charge >= 0.3 is 6.09 Å². The predicted molar refractivity (Wildman–Crippen MR) is 158 cm³/mol. The van der Waals surface area contributed by atoms with Crippen molar-refractivity contribution in [2.45, 2.75) is 104 Å². The van der Waals surface area contributed by atoms with Crippen molar-refractivity contribution >= 4 is 17.9 Å². The number of benzene rings is 2. The third-order valence-electron chi connectivity index (χ3n) is 6.39. The minimum Gasteiger partial charge on any atom is -0.508 e. The number of hydrogen-bond donors (Lipinski definition) is 3. The fourth-order valence-corrected chi connectivity index (χ4v) is 4.51. The molecule has 2 unspecified atom stereocenters. The number of carbonyl (C=O) groups excluding carboxylic acids is 3. The molecule has 0 aliphatic heterocycles. The molecule has 0 bridgehead atoms. The van der Waals surface area contributed by atoms with Gasteiger partial charge in [-0.1, -0.05) is 56.2 Å². The van der Waals surface area contributed by atoms with Crippen LogP contribution >= 0.6 is 0 Å². The molecule has 0 heterocycles. The lowest BCUT2D eigenvalue weighted by molar-refractivity contribution is -0.148. The van der Waals surface area contributed by atoms with Crippen LogP contribution in [-0.4, -0.2) is 51.6 Å². The van der Waals surface area contributed by atoms with Gasteiger partial charge in [0.1, 0.15) is 23.4 Å². The van der Waals surface area contributed by atoms with Crippen LogP contribution in [0.4, 0.5) is 4.79 Å². The molecule has 40 heavy (non-hydrogen) atoms. The average molecular weight is 554 g/mol. The lowest BCUT2D eigenvalue weighted by Gasteiger charge is -2.43. The lowest BCUT2D eigenvalue weighted by atomic mass is 9.92. The normalized spacial score (nSPS) is 13.2. The number of nitrogens with one attached hydrogen (secondary N) is 2. The Morgan fingerprint density at radius 1 is 0.950 bits per heavy atom. The summed E-state index contributed by atoms with van der Waals surface area (Å²) >= 11 is 0. The van der Waals surface area contributed by atoms with Crippen molar-refractivity contribution in [3.8, 4) is 5.75 Å². The van der Waals surface area contributed by atoms with Gasteiger partial charge in [-0.15, -0.1) is 0 Å². The summed E-state index contributed by atoms with van der Waals surface area (Å²) in [5, 5.41) is 15.6. The summed E-state index contributed by atoms with van der Waals surface area (Å²) < 4.78 is 5.49. The summed E-state index contributed by atoms with van der Waals surface area (Å²) in [7, 11) is 0. The van der Waals surface area contributed by atoms with Crippen LogP contribution in [-0.2, 0) is 20.7 Å². The molecule has 8 nitrogen and oxygen atoms in total. The lowest BCUT2D eigenvalue weighted by Crippen LogP contribution is -2.59. The van der Waals surface area contributed by atoms with E-state index in [0.717, 1.165) is 36.0 Å². The zero-order valence-corrected chi connectivity index (χ0v) is 25.3. The SMILES string of the molecule is CCCCCNC(=O)C(c1ccccc1C)N(C(=O)C(Cc1ccc(O)cc1)NC(=O)OC(C)(C)C)C(C)(C)C. The molecule has 0 saturated carbocycles. The molecule has 2 atom stereocenters. The Morgan fingerprint density at radius 3 is 2.12 bits per heavy atom. The maximum Gasteiger partial charge on any atom is 0.408 e. The van der Waals surface area contributed by atoms with Gasteiger partial charge in [-0.3, -0.25) is 9.59 Å². The summed E-state index contributed by atoms with van der Waals surface area (Å²) in [5.41, 5.74) is 0.792. The highest BCUT2D eigenvalue weighted by molar-refractivity contribution is 5.93. The molecule has 220 valence electrons. The molecule has 3 N–H and O–H groups in total. The van der Waals surface area contributed by atoms with Crippen LogP contribution in [0.1, 0.15) is 90.5 Å². The van der Waals surface area contributed by atoms with E-state index in [1.165, 1.54) is 12.1 Å². The number of alkyl carbamates (subject to hydrolysis) is 1. The largest absolute Gasteiger partial charge is 0.508 e. The fraction of sp³-hybridized carbons (Fsp3) is 0.531. The van der Waals surface area contributed by atoms with E-state index in [1.807, 2.05) is 52.0 Å². The Kier molecular flexibility index (Phi) is 11.6. The van der Waals surface area contributed by atoms with E-state index in [1.54, 1.807) is 37.8 Å². The van der Waals surface area contributed by atoms with Crippen LogP contribution in [0, 0.1) is 6.92 Å². The van der Waals surface area contributed by atoms with Crippen LogP contribution in [0.25, 0.3) is 0 Å². The summed E-state index contributed by atoms with van der Waals surface area (Å²) in [4.78, 5) is 42.8. The summed E-state index contributed by atoms with van der Waals surface area (Å²) in [6.07, 6.45) is 2.28. The number of rotatable bonds is 11. The van der Waals surface area contributed by atoms with Gasteiger partial charge in [-0.2, -0.15) is 0 Å². The van der Waals surface area contributed by atoms with E-state index in [2.05, 4.69) is 17.6 Å². The number of phenolic OH excluding ortho intramolecular Hbond substituents is 1. The monoisotopic (exact) mass is 553 g/mol. The molecular formula is C32H47N3O5. The number of unbranched alkanes of at least 4 members (excludes halogenated alkanes) is 2. The van der Waals surface area contributed by atoms with Crippen molar-refractivity contribution in [1.29, 1.82) is 0 Å². The van der Waals surface area contributed by atoms with Gasteiger partial charge < -0.3 is 25.4 Å². The van der Waals surface area contributed by atoms with Gasteiger partial charge in [0.25, 0.3) is 0 Å². The molecule has 0 aliphatic rings. The van der Waals surface area contributed by atoms with Gasteiger partial charge in [-0.05, 0) is 83.7 Å². The molecule has 0 saturated heterocycles. The molecule has 2 rings (SSSR count). The van der Waals surface area contributed by atoms with Crippen molar-refractivity contribution in [3.63, 3.8) is 0 Å². The molecule has 0 aliphatic carbocycles. The number of phenols is 1. The van der Waals surface area contributed by atoms with Crippen LogP contribution < -0.4 is 10.6 Å². The van der Waals surface area contributed by atoms with E-state index < -0.39 is 35.2 Å². The van der Waals surface area contributed by atoms with E-state index in [4.69, 9.17) is 4.74 Å². The standard InChI is InChI=1S/C32H47N3O5/c1-9-10-13-20-33-28(37)27(25-15-12-11-14-22(25)2)35(31(3,4)5)29(38)26(34-30(39)40-32(6,7)8)21-23-16-18-24(36)19-17-23/h11-12,14-19,26-27,36H,9-10,13,20-21H2,1-8H3,(H,33,37)(H,34,39). The maximum absolute atomic E-state index is 14.5. The topological polar surface area (TPSA) is 108 Å². The molecule has 2 aromatic carbocycles. The van der Waals surface area contributed by atoms with Gasteiger partial charge in [-0.25, -0.2) is 4.79 Å². The Labute approximate surface area is 239 Å². The Morgan fingerprint density at radius 2 is 1.57 bits per heavy atom. The fourth-order valence-electron chi connectivity index (χ4n) is 4.51. The quantitative estimate of drug-likeness (QED) is 0.304. The number of aryl methyl sites for hydroxylation is 1. The van der Waals surface area contributed by atoms with Crippen LogP contribution in [0.15, 0.2) is 48.5 Å². The first kappa shape index (κ1) is 32.7. The van der Waals surface area contributed by atoms with Crippen molar-refractivity contribution in [3.05, 3.63) is 65.2 Å². The van der Waals surface area contributed by atoms with Crippen LogP contribution in [0.2, 0.25) is 0 Å². The summed E-state index contributed by atoms with van der Waals surface area (Å²) in [6, 6.07) is 12.1. The zero-order valence-electron chi connectivity index (χ0n) is 25.3. The van der Waals surface area contributed by atoms with Crippen molar-refractivity contribution in [2.24, 2.45) is 0 Å². The van der Waals surface area contributed by atoms with Gasteiger partial charge in [0.15, 0.2) is 0 Å². The van der Waals surface area contributed by atoms with Crippen LogP contribution in [0.3, 0.4) is 0 Å². The van der Waals surface area contributed by atoms with E-state index in [0.29, 0.717) is 6.54 Å². The smallest absolute Gasteiger partial charge is 0.408 e. The third-order valence-corrected chi connectivity index (χ3v) is 6.39. The van der Waals surface area contributed by atoms with Gasteiger partial charge in [0, 0.05) is 18.5 Å². The summed E-state index contributed by atoms with van der Waals surface area (Å²) in [5.74, 6) is -0.583. The second-order valence-corrected chi connectivity index (χ2v) is 12.2. The second-order valence-electron chi connectivity index (χ2n) is 12.2. The zero-order chi connectivity index (χ0) is 30.1. The first-order valence-electron chi connectivity index (χ1n) is 14.1. The van der Waals surface area contributed by atoms with Crippen molar-refractivity contribution < 1.29 is 24.2 Å². The van der Waals surface area contributed by atoms with E-state index >= 15 is 0 Å². The van der Waals surface area contributed by atoms with Crippen molar-refractivity contribution in [1.82, 2.24) is 15.5 Å². The molecular weight excluding hydrogens is 506 g/mol. The highest BCUT2D eigenvalue weighted by Crippen LogP contribution is 2.32. The molecule has 0 radical (unpaired) electrons. The first-order chi connectivity index (χ1) is 18.6. The second kappa shape index (κ2) is 14.2. The van der Waals surface area contributed by atoms with Gasteiger partial charge in [0.2, 0.25) is 11.8 Å². The highest BCUT2D eigenvalue weighted by atomic mass is 16.6. The molecule has 0 fully saturated rings. The van der Waals surface area contributed by atoms with Crippen LogP contribution in [0.5, 0.6) is 5.75 Å². The van der Waals surface area contributed by atoms with Gasteiger partial charge in [0.05, 0.1) is 0 Å². The Balaban J connectivity index is 2.57. The predicted octanol–water partition coefficient (Wildman–Crippen LogP) is 5.81. The van der Waals surface area contributed by atoms with E-state index in [-0.39, 0.29) is 18.1 Å². The van der Waals surface area contributed by atoms with E-state index in [9.17, 15) is 19.5 Å². The Bertz CT molecular complexity index is 1130. The number of carbonyl (C=O) groups is 3. The Hall–Kier alpha value is -3.55. The number of hydrogen-bond acceptors (Lipinski definition) is 5. The molecule has 2 aromatic rings. The highest BCUT2D eigenvalue weighted by Gasteiger charge is 2.42. The molecule has 0 aromatic heterocycles. The summed E-state index contributed by atoms with van der Waals surface area (Å²) in [6.45, 7) is 15.4. The number of nitrogens with zero attached hydrogens (tertiary/aromatic N) is 1. The number of aromatic hydroxyl groups is 1. The first-order valence-corrected chi connectivity index (χ1v) is 14.1. The molecule has 0 spiro atoms. The molecule has 8 heteroatoms. The minimum atomic E-state index is -1.03. The third kappa shape index (κ3) is 9.88. The number of amides is 3. The number of ether oxygens (including phenoxy) is 1.